The van der Waals surface area contributed by atoms with Gasteiger partial charge in [0.25, 0.3) is 0 Å². The van der Waals surface area contributed by atoms with Crippen LogP contribution in [-0.4, -0.2) is 48.8 Å². The van der Waals surface area contributed by atoms with Gasteiger partial charge in [-0.2, -0.15) is 13.2 Å². The largest absolute Gasteiger partial charge is 0.489 e. The summed E-state index contributed by atoms with van der Waals surface area (Å²) in [7, 11) is 0. The van der Waals surface area contributed by atoms with Crippen molar-refractivity contribution < 1.29 is 31.8 Å². The van der Waals surface area contributed by atoms with Crippen LogP contribution >= 0.6 is 0 Å². The van der Waals surface area contributed by atoms with E-state index in [0.29, 0.717) is 45.6 Å². The second-order valence-electron chi connectivity index (χ2n) is 8.89. The zero-order chi connectivity index (χ0) is 24.3. The van der Waals surface area contributed by atoms with E-state index in [9.17, 15) is 22.4 Å². The second-order valence-corrected chi connectivity index (χ2v) is 8.89. The maximum Gasteiger partial charge on any atom is 0.416 e. The highest BCUT2D eigenvalue weighted by atomic mass is 19.4. The molecule has 2 aromatic rings. The van der Waals surface area contributed by atoms with E-state index in [-0.39, 0.29) is 29.6 Å². The predicted molar refractivity (Wildman–Crippen MR) is 118 cm³/mol. The number of alkyl halides is 3. The molecular weight excluding hydrogens is 452 g/mol. The monoisotopic (exact) mass is 480 g/mol. The SMILES string of the molecule is CC(NC(=O)C1(N2CC[C@@H](Oc3cccc(C(F)(F)F)c3)C2)CCOCC1)c1ccc(F)cc1. The van der Waals surface area contributed by atoms with Crippen LogP contribution in [0.4, 0.5) is 17.6 Å². The van der Waals surface area contributed by atoms with E-state index < -0.39 is 17.3 Å². The van der Waals surface area contributed by atoms with Crippen LogP contribution in [0.3, 0.4) is 0 Å². The summed E-state index contributed by atoms with van der Waals surface area (Å²) in [6.45, 7) is 3.74. The molecule has 0 radical (unpaired) electrons. The molecule has 2 atom stereocenters. The predicted octanol–water partition coefficient (Wildman–Crippen LogP) is 4.72. The van der Waals surface area contributed by atoms with E-state index in [4.69, 9.17) is 9.47 Å². The summed E-state index contributed by atoms with van der Waals surface area (Å²) in [5.74, 6) is -0.309. The van der Waals surface area contributed by atoms with E-state index >= 15 is 0 Å². The molecule has 0 spiro atoms. The fraction of sp³-hybridized carbons (Fsp3) is 0.480. The fourth-order valence-corrected chi connectivity index (χ4v) is 4.71. The molecule has 1 N–H and O–H groups in total. The lowest BCUT2D eigenvalue weighted by Gasteiger charge is -2.43. The van der Waals surface area contributed by atoms with Crippen LogP contribution in [0, 0.1) is 5.82 Å². The van der Waals surface area contributed by atoms with Crippen LogP contribution in [-0.2, 0) is 15.7 Å². The van der Waals surface area contributed by atoms with Crippen molar-refractivity contribution in [3.8, 4) is 5.75 Å². The molecule has 1 unspecified atom stereocenters. The molecule has 2 heterocycles. The van der Waals surface area contributed by atoms with Crippen LogP contribution in [0.1, 0.15) is 43.4 Å². The molecule has 1 amide bonds. The lowest BCUT2D eigenvalue weighted by Crippen LogP contribution is -2.61. The first kappa shape index (κ1) is 24.5. The van der Waals surface area contributed by atoms with E-state index in [1.54, 1.807) is 12.1 Å². The summed E-state index contributed by atoms with van der Waals surface area (Å²) in [6.07, 6.45) is -3.16. The van der Waals surface area contributed by atoms with Crippen molar-refractivity contribution in [2.24, 2.45) is 0 Å². The number of amides is 1. The summed E-state index contributed by atoms with van der Waals surface area (Å²) in [6, 6.07) is 10.6. The molecule has 5 nitrogen and oxygen atoms in total. The first-order valence-corrected chi connectivity index (χ1v) is 11.4. The molecule has 9 heteroatoms. The van der Waals surface area contributed by atoms with Crippen LogP contribution in [0.5, 0.6) is 5.75 Å². The summed E-state index contributed by atoms with van der Waals surface area (Å²) in [4.78, 5) is 15.6. The molecule has 34 heavy (non-hydrogen) atoms. The minimum Gasteiger partial charge on any atom is -0.489 e. The lowest BCUT2D eigenvalue weighted by atomic mass is 9.86. The van der Waals surface area contributed by atoms with Gasteiger partial charge in [-0.05, 0) is 62.1 Å². The molecule has 4 rings (SSSR count). The maximum absolute atomic E-state index is 13.5. The Morgan fingerprint density at radius 3 is 2.56 bits per heavy atom. The number of nitrogens with zero attached hydrogens (tertiary/aromatic N) is 1. The quantitative estimate of drug-likeness (QED) is 0.608. The first-order chi connectivity index (χ1) is 16.2. The number of benzene rings is 2. The molecule has 0 saturated carbocycles. The van der Waals surface area contributed by atoms with Crippen molar-refractivity contribution in [3.05, 3.63) is 65.5 Å². The Balaban J connectivity index is 1.45. The maximum atomic E-state index is 13.5. The molecule has 2 fully saturated rings. The minimum atomic E-state index is -4.44. The van der Waals surface area contributed by atoms with E-state index in [1.807, 2.05) is 6.92 Å². The van der Waals surface area contributed by atoms with Crippen molar-refractivity contribution in [1.82, 2.24) is 10.2 Å². The van der Waals surface area contributed by atoms with Gasteiger partial charge in [0.1, 0.15) is 23.2 Å². The number of ether oxygens (including phenoxy) is 2. The lowest BCUT2D eigenvalue weighted by molar-refractivity contribution is -0.141. The third kappa shape index (κ3) is 5.36. The summed E-state index contributed by atoms with van der Waals surface area (Å²) < 4.78 is 63.8. The second kappa shape index (κ2) is 9.92. The Kier molecular flexibility index (Phi) is 7.14. The summed E-state index contributed by atoms with van der Waals surface area (Å²) in [5.41, 5.74) is -0.752. The highest BCUT2D eigenvalue weighted by molar-refractivity contribution is 5.87. The highest BCUT2D eigenvalue weighted by Crippen LogP contribution is 2.35. The number of rotatable bonds is 6. The Bertz CT molecular complexity index is 990. The van der Waals surface area contributed by atoms with Gasteiger partial charge in [0.05, 0.1) is 11.6 Å². The number of carbonyl (C=O) groups excluding carboxylic acids is 1. The molecule has 2 saturated heterocycles. The van der Waals surface area contributed by atoms with Crippen molar-refractivity contribution in [3.63, 3.8) is 0 Å². The van der Waals surface area contributed by atoms with Gasteiger partial charge in [-0.3, -0.25) is 9.69 Å². The number of halogens is 4. The third-order valence-corrected chi connectivity index (χ3v) is 6.67. The average Bonchev–Trinajstić information content (AvgIpc) is 3.28. The van der Waals surface area contributed by atoms with E-state index in [2.05, 4.69) is 10.2 Å². The van der Waals surface area contributed by atoms with Crippen molar-refractivity contribution in [1.29, 1.82) is 0 Å². The third-order valence-electron chi connectivity index (χ3n) is 6.67. The fourth-order valence-electron chi connectivity index (χ4n) is 4.71. The van der Waals surface area contributed by atoms with Gasteiger partial charge in [0.15, 0.2) is 0 Å². The number of hydrogen-bond acceptors (Lipinski definition) is 4. The van der Waals surface area contributed by atoms with Gasteiger partial charge >= 0.3 is 6.18 Å². The van der Waals surface area contributed by atoms with Crippen LogP contribution in [0.15, 0.2) is 48.5 Å². The topological polar surface area (TPSA) is 50.8 Å². The number of nitrogens with one attached hydrogen (secondary N) is 1. The van der Waals surface area contributed by atoms with E-state index in [1.165, 1.54) is 24.3 Å². The van der Waals surface area contributed by atoms with Gasteiger partial charge in [-0.15, -0.1) is 0 Å². The molecule has 2 aliphatic rings. The van der Waals surface area contributed by atoms with Crippen molar-refractivity contribution >= 4 is 5.91 Å². The minimum absolute atomic E-state index is 0.132. The standard InChI is InChI=1S/C25H28F4N2O3/c1-17(18-5-7-20(26)8-6-18)30-23(32)24(10-13-33-14-11-24)31-12-9-22(16-31)34-21-4-2-3-19(15-21)25(27,28)29/h2-8,15,17,22H,9-14,16H2,1H3,(H,30,32)/t17?,22-/m1/s1. The molecule has 0 aliphatic carbocycles. The molecule has 2 aromatic carbocycles. The molecule has 184 valence electrons. The Morgan fingerprint density at radius 2 is 1.88 bits per heavy atom. The Hall–Kier alpha value is -2.65. The summed E-state index contributed by atoms with van der Waals surface area (Å²) in [5, 5.41) is 3.07. The Labute approximate surface area is 196 Å². The normalized spacial score (nSPS) is 21.7. The van der Waals surface area contributed by atoms with Gasteiger partial charge in [-0.1, -0.05) is 18.2 Å². The van der Waals surface area contributed by atoms with Crippen molar-refractivity contribution in [2.45, 2.75) is 50.0 Å². The Morgan fingerprint density at radius 1 is 1.18 bits per heavy atom. The van der Waals surface area contributed by atoms with Gasteiger partial charge in [0, 0.05) is 26.3 Å². The van der Waals surface area contributed by atoms with Gasteiger partial charge in [0.2, 0.25) is 5.91 Å². The number of hydrogen-bond donors (Lipinski definition) is 1. The number of likely N-dealkylation sites (tertiary alicyclic amines) is 1. The molecule has 0 bridgehead atoms. The van der Waals surface area contributed by atoms with Crippen LogP contribution in [0.2, 0.25) is 0 Å². The van der Waals surface area contributed by atoms with Crippen molar-refractivity contribution in [2.75, 3.05) is 26.3 Å². The van der Waals surface area contributed by atoms with Gasteiger partial charge in [-0.25, -0.2) is 4.39 Å². The molecular formula is C25H28F4N2O3. The average molecular weight is 481 g/mol. The zero-order valence-corrected chi connectivity index (χ0v) is 18.9. The smallest absolute Gasteiger partial charge is 0.416 e. The van der Waals surface area contributed by atoms with Crippen LogP contribution < -0.4 is 10.1 Å². The van der Waals surface area contributed by atoms with Crippen LogP contribution in [0.25, 0.3) is 0 Å². The zero-order valence-electron chi connectivity index (χ0n) is 18.9. The highest BCUT2D eigenvalue weighted by Gasteiger charge is 2.48. The van der Waals surface area contributed by atoms with Gasteiger partial charge < -0.3 is 14.8 Å². The number of carbonyl (C=O) groups is 1. The van der Waals surface area contributed by atoms with E-state index in [0.717, 1.165) is 17.7 Å². The first-order valence-electron chi connectivity index (χ1n) is 11.4. The summed E-state index contributed by atoms with van der Waals surface area (Å²) >= 11 is 0. The molecule has 2 aliphatic heterocycles. The molecule has 0 aromatic heterocycles.